The zero-order chi connectivity index (χ0) is 13.5. The van der Waals surface area contributed by atoms with E-state index in [1.54, 1.807) is 11.3 Å². The highest BCUT2D eigenvalue weighted by atomic mass is 32.1. The van der Waals surface area contributed by atoms with Gasteiger partial charge in [0.25, 0.3) is 0 Å². The molecule has 2 nitrogen and oxygen atoms in total. The molecular weight excluding hydrogens is 252 g/mol. The summed E-state index contributed by atoms with van der Waals surface area (Å²) in [5.74, 6) is 0.857. The Balaban J connectivity index is 1.97. The Morgan fingerprint density at radius 1 is 1.32 bits per heavy atom. The Morgan fingerprint density at radius 2 is 2.05 bits per heavy atom. The molecule has 1 saturated carbocycles. The molecule has 1 aromatic heterocycles. The molecule has 1 atom stereocenters. The molecule has 0 aliphatic heterocycles. The van der Waals surface area contributed by atoms with Crippen molar-refractivity contribution in [1.29, 1.82) is 0 Å². The molecular formula is C16H28N2S. The highest BCUT2D eigenvalue weighted by molar-refractivity contribution is 7.09. The molecule has 0 aromatic carbocycles. The van der Waals surface area contributed by atoms with Crippen LogP contribution in [0.25, 0.3) is 0 Å². The van der Waals surface area contributed by atoms with Crippen molar-refractivity contribution in [2.24, 2.45) is 5.92 Å². The number of thiazole rings is 1. The maximum absolute atomic E-state index is 4.66. The van der Waals surface area contributed by atoms with Crippen LogP contribution in [0.1, 0.15) is 62.6 Å². The van der Waals surface area contributed by atoms with Crippen LogP contribution >= 0.6 is 11.3 Å². The van der Waals surface area contributed by atoms with Gasteiger partial charge in [-0.25, -0.2) is 4.98 Å². The first kappa shape index (κ1) is 15.0. The lowest BCUT2D eigenvalue weighted by molar-refractivity contribution is 0.316. The minimum atomic E-state index is 0.638. The second kappa shape index (κ2) is 8.01. The summed E-state index contributed by atoms with van der Waals surface area (Å²) in [5.41, 5.74) is 1.29. The molecule has 1 aliphatic rings. The summed E-state index contributed by atoms with van der Waals surface area (Å²) in [5, 5.41) is 7.23. The fourth-order valence-corrected chi connectivity index (χ4v) is 3.80. The van der Waals surface area contributed by atoms with Gasteiger partial charge in [-0.05, 0) is 38.6 Å². The molecule has 0 radical (unpaired) electrons. The third-order valence-electron chi connectivity index (χ3n) is 4.22. The zero-order valence-corrected chi connectivity index (χ0v) is 13.3. The lowest BCUT2D eigenvalue weighted by atomic mass is 9.89. The van der Waals surface area contributed by atoms with Crippen LogP contribution in [-0.2, 0) is 6.42 Å². The number of aromatic nitrogens is 1. The molecule has 1 aromatic rings. The molecule has 1 heterocycles. The van der Waals surface area contributed by atoms with Gasteiger partial charge in [0.2, 0.25) is 0 Å². The third kappa shape index (κ3) is 4.88. The monoisotopic (exact) mass is 280 g/mol. The van der Waals surface area contributed by atoms with Gasteiger partial charge in [0.15, 0.2) is 0 Å². The second-order valence-corrected chi connectivity index (χ2v) is 6.94. The van der Waals surface area contributed by atoms with Crippen LogP contribution in [0.4, 0.5) is 0 Å². The Bertz CT molecular complexity index is 353. The van der Waals surface area contributed by atoms with Gasteiger partial charge in [-0.3, -0.25) is 0 Å². The number of nitrogens with one attached hydrogen (secondary N) is 1. The second-order valence-electron chi connectivity index (χ2n) is 5.87. The first-order valence-electron chi connectivity index (χ1n) is 7.94. The number of hydrogen-bond donors (Lipinski definition) is 1. The summed E-state index contributed by atoms with van der Waals surface area (Å²) in [6.07, 6.45) is 10.9. The Hall–Kier alpha value is -0.410. The van der Waals surface area contributed by atoms with E-state index >= 15 is 0 Å². The fraction of sp³-hybridized carbons (Fsp3) is 0.812. The van der Waals surface area contributed by atoms with Crippen LogP contribution in [0.3, 0.4) is 0 Å². The summed E-state index contributed by atoms with van der Waals surface area (Å²) < 4.78 is 0. The molecule has 108 valence electrons. The van der Waals surface area contributed by atoms with Gasteiger partial charge in [-0.1, -0.05) is 32.6 Å². The van der Waals surface area contributed by atoms with Crippen molar-refractivity contribution in [1.82, 2.24) is 10.3 Å². The van der Waals surface area contributed by atoms with Gasteiger partial charge in [0.1, 0.15) is 0 Å². The van der Waals surface area contributed by atoms with Crippen LogP contribution in [0, 0.1) is 12.8 Å². The Morgan fingerprint density at radius 3 is 2.63 bits per heavy atom. The lowest BCUT2D eigenvalue weighted by Gasteiger charge is -2.27. The van der Waals surface area contributed by atoms with Crippen molar-refractivity contribution in [2.75, 3.05) is 6.54 Å². The van der Waals surface area contributed by atoms with Gasteiger partial charge >= 0.3 is 0 Å². The first-order valence-corrected chi connectivity index (χ1v) is 8.82. The average Bonchev–Trinajstić information content (AvgIpc) is 2.67. The van der Waals surface area contributed by atoms with Gasteiger partial charge in [-0.15, -0.1) is 11.3 Å². The van der Waals surface area contributed by atoms with Crippen molar-refractivity contribution < 1.29 is 0 Å². The molecule has 2 rings (SSSR count). The van der Waals surface area contributed by atoms with Crippen molar-refractivity contribution >= 4 is 11.3 Å². The van der Waals surface area contributed by atoms with E-state index in [-0.39, 0.29) is 0 Å². The van der Waals surface area contributed by atoms with Crippen molar-refractivity contribution in [3.05, 3.63) is 16.1 Å². The van der Waals surface area contributed by atoms with E-state index in [1.807, 2.05) is 0 Å². The first-order chi connectivity index (χ1) is 9.29. The van der Waals surface area contributed by atoms with E-state index in [1.165, 1.54) is 55.6 Å². The van der Waals surface area contributed by atoms with Gasteiger partial charge in [0, 0.05) is 17.8 Å². The van der Waals surface area contributed by atoms with Gasteiger partial charge < -0.3 is 5.32 Å². The summed E-state index contributed by atoms with van der Waals surface area (Å²) >= 11 is 1.78. The minimum absolute atomic E-state index is 0.638. The summed E-state index contributed by atoms with van der Waals surface area (Å²) in [4.78, 5) is 4.66. The molecule has 1 fully saturated rings. The topological polar surface area (TPSA) is 24.9 Å². The minimum Gasteiger partial charge on any atom is -0.313 e. The highest BCUT2D eigenvalue weighted by Gasteiger charge is 2.23. The van der Waals surface area contributed by atoms with Crippen LogP contribution in [0.2, 0.25) is 0 Å². The van der Waals surface area contributed by atoms with Crippen LogP contribution in [-0.4, -0.2) is 17.6 Å². The average molecular weight is 280 g/mol. The molecule has 3 heteroatoms. The van der Waals surface area contributed by atoms with Crippen molar-refractivity contribution in [2.45, 2.75) is 71.3 Å². The zero-order valence-electron chi connectivity index (χ0n) is 12.5. The molecule has 1 unspecified atom stereocenters. The fourth-order valence-electron chi connectivity index (χ4n) is 3.18. The summed E-state index contributed by atoms with van der Waals surface area (Å²) in [7, 11) is 0. The maximum atomic E-state index is 4.66. The SMILES string of the molecule is CCCNC(Cc1csc(C)n1)C1CCCCCC1. The van der Waals surface area contributed by atoms with E-state index in [0.717, 1.165) is 18.9 Å². The summed E-state index contributed by atoms with van der Waals surface area (Å²) in [6, 6.07) is 0.638. The Kier molecular flexibility index (Phi) is 6.32. The van der Waals surface area contributed by atoms with Crippen LogP contribution in [0.5, 0.6) is 0 Å². The van der Waals surface area contributed by atoms with E-state index < -0.39 is 0 Å². The molecule has 0 spiro atoms. The molecule has 19 heavy (non-hydrogen) atoms. The quantitative estimate of drug-likeness (QED) is 0.784. The van der Waals surface area contributed by atoms with Crippen molar-refractivity contribution in [3.8, 4) is 0 Å². The lowest BCUT2D eigenvalue weighted by Crippen LogP contribution is -2.38. The Labute approximate surface area is 122 Å². The van der Waals surface area contributed by atoms with Gasteiger partial charge in [-0.2, -0.15) is 0 Å². The van der Waals surface area contributed by atoms with Crippen LogP contribution < -0.4 is 5.32 Å². The predicted molar refractivity (Wildman–Crippen MR) is 83.8 cm³/mol. The number of aryl methyl sites for hydroxylation is 1. The molecule has 1 N–H and O–H groups in total. The molecule has 0 saturated heterocycles. The number of hydrogen-bond acceptors (Lipinski definition) is 3. The number of rotatable bonds is 6. The maximum Gasteiger partial charge on any atom is 0.0897 e. The van der Waals surface area contributed by atoms with E-state index in [4.69, 9.17) is 0 Å². The van der Waals surface area contributed by atoms with Crippen molar-refractivity contribution in [3.63, 3.8) is 0 Å². The molecule has 0 amide bonds. The smallest absolute Gasteiger partial charge is 0.0897 e. The van der Waals surface area contributed by atoms with E-state index in [9.17, 15) is 0 Å². The van der Waals surface area contributed by atoms with E-state index in [2.05, 4.69) is 29.5 Å². The summed E-state index contributed by atoms with van der Waals surface area (Å²) in [6.45, 7) is 5.50. The van der Waals surface area contributed by atoms with Gasteiger partial charge in [0.05, 0.1) is 10.7 Å². The number of nitrogens with zero attached hydrogens (tertiary/aromatic N) is 1. The highest BCUT2D eigenvalue weighted by Crippen LogP contribution is 2.27. The standard InChI is InChI=1S/C16H28N2S/c1-3-10-17-16(11-15-12-19-13(2)18-15)14-8-6-4-5-7-9-14/h12,14,16-17H,3-11H2,1-2H3. The largest absolute Gasteiger partial charge is 0.313 e. The third-order valence-corrected chi connectivity index (χ3v) is 5.04. The molecule has 1 aliphatic carbocycles. The molecule has 0 bridgehead atoms. The van der Waals surface area contributed by atoms with E-state index in [0.29, 0.717) is 6.04 Å². The normalized spacial score (nSPS) is 19.3. The predicted octanol–water partition coefficient (Wildman–Crippen LogP) is 4.33. The van der Waals surface area contributed by atoms with Crippen LogP contribution in [0.15, 0.2) is 5.38 Å².